The molecule has 2 aromatic rings. The summed E-state index contributed by atoms with van der Waals surface area (Å²) in [5.41, 5.74) is 0.992. The predicted octanol–water partition coefficient (Wildman–Crippen LogP) is 2.64. The first-order valence-corrected chi connectivity index (χ1v) is 7.39. The van der Waals surface area contributed by atoms with Crippen molar-refractivity contribution < 1.29 is 14.7 Å². The van der Waals surface area contributed by atoms with Crippen molar-refractivity contribution in [3.05, 3.63) is 17.2 Å². The molecule has 0 saturated heterocycles. The summed E-state index contributed by atoms with van der Waals surface area (Å²) in [6.07, 6.45) is 0. The van der Waals surface area contributed by atoms with Gasteiger partial charge in [-0.25, -0.2) is 0 Å². The summed E-state index contributed by atoms with van der Waals surface area (Å²) in [6.45, 7) is 3.53. The quantitative estimate of drug-likeness (QED) is 0.905. The third-order valence-corrected chi connectivity index (χ3v) is 4.86. The first-order chi connectivity index (χ1) is 9.84. The Balaban J connectivity index is 1.90. The highest BCUT2D eigenvalue weighted by Crippen LogP contribution is 2.58. The number of rotatable bonds is 3. The molecular formula is C13H12ClN3O3S. The van der Waals surface area contributed by atoms with Gasteiger partial charge in [0.2, 0.25) is 5.91 Å². The molecule has 2 N–H and O–H groups in total. The van der Waals surface area contributed by atoms with Crippen molar-refractivity contribution in [1.29, 1.82) is 0 Å². The lowest BCUT2D eigenvalue weighted by Gasteiger charge is -2.08. The van der Waals surface area contributed by atoms with Gasteiger partial charge in [0.15, 0.2) is 0 Å². The van der Waals surface area contributed by atoms with Crippen LogP contribution in [0.25, 0.3) is 11.0 Å². The lowest BCUT2D eigenvalue weighted by Crippen LogP contribution is -2.18. The average Bonchev–Trinajstić information content (AvgIpc) is 2.78. The molecule has 0 aliphatic heterocycles. The number of nitrogens with one attached hydrogen (secondary N) is 1. The number of nitrogens with zero attached hydrogens (tertiary/aromatic N) is 2. The maximum absolute atomic E-state index is 12.3. The number of aromatic nitrogens is 2. The van der Waals surface area contributed by atoms with E-state index in [0.29, 0.717) is 21.7 Å². The Kier molecular flexibility index (Phi) is 3.14. The second kappa shape index (κ2) is 4.64. The molecule has 6 nitrogen and oxygen atoms in total. The van der Waals surface area contributed by atoms with Crippen LogP contribution in [0.1, 0.15) is 13.8 Å². The van der Waals surface area contributed by atoms with E-state index in [1.54, 1.807) is 26.0 Å². The van der Waals surface area contributed by atoms with Gasteiger partial charge < -0.3 is 10.4 Å². The van der Waals surface area contributed by atoms with Gasteiger partial charge in [0.05, 0.1) is 34.3 Å². The van der Waals surface area contributed by atoms with Crippen molar-refractivity contribution >= 4 is 51.9 Å². The van der Waals surface area contributed by atoms with E-state index in [1.807, 2.05) is 0 Å². The van der Waals surface area contributed by atoms with E-state index in [4.69, 9.17) is 16.7 Å². The maximum atomic E-state index is 12.3. The van der Waals surface area contributed by atoms with Crippen molar-refractivity contribution in [2.24, 2.45) is 17.3 Å². The van der Waals surface area contributed by atoms with Crippen molar-refractivity contribution in [3.8, 4) is 0 Å². The highest BCUT2D eigenvalue weighted by atomic mass is 35.5. The van der Waals surface area contributed by atoms with Crippen LogP contribution in [0, 0.1) is 17.3 Å². The van der Waals surface area contributed by atoms with E-state index in [-0.39, 0.29) is 5.91 Å². The summed E-state index contributed by atoms with van der Waals surface area (Å²) < 4.78 is 8.20. The Morgan fingerprint density at radius 2 is 2.05 bits per heavy atom. The van der Waals surface area contributed by atoms with Crippen LogP contribution in [0.15, 0.2) is 12.1 Å². The van der Waals surface area contributed by atoms with Crippen LogP contribution >= 0.6 is 23.3 Å². The number of anilines is 1. The number of benzene rings is 1. The van der Waals surface area contributed by atoms with E-state index >= 15 is 0 Å². The molecule has 1 aliphatic carbocycles. The lowest BCUT2D eigenvalue weighted by molar-refractivity contribution is -0.140. The molecule has 1 heterocycles. The molecule has 110 valence electrons. The Hall–Kier alpha value is -1.73. The Labute approximate surface area is 129 Å². The molecule has 0 bridgehead atoms. The molecule has 1 aliphatic rings. The number of halogens is 1. The molecule has 0 radical (unpaired) electrons. The number of carboxylic acid groups (broad SMARTS) is 1. The van der Waals surface area contributed by atoms with Gasteiger partial charge in [0, 0.05) is 0 Å². The number of carbonyl (C=O) groups excluding carboxylic acids is 1. The lowest BCUT2D eigenvalue weighted by atomic mass is 10.1. The highest BCUT2D eigenvalue weighted by Gasteiger charge is 2.65. The van der Waals surface area contributed by atoms with Gasteiger partial charge in [-0.1, -0.05) is 25.4 Å². The van der Waals surface area contributed by atoms with Crippen LogP contribution in [-0.2, 0) is 9.59 Å². The zero-order valence-corrected chi connectivity index (χ0v) is 12.8. The number of amides is 1. The number of hydrogen-bond donors (Lipinski definition) is 2. The minimum atomic E-state index is -0.959. The number of carbonyl (C=O) groups is 2. The van der Waals surface area contributed by atoms with E-state index < -0.39 is 23.2 Å². The topological polar surface area (TPSA) is 92.2 Å². The van der Waals surface area contributed by atoms with Gasteiger partial charge in [-0.2, -0.15) is 8.75 Å². The highest BCUT2D eigenvalue weighted by molar-refractivity contribution is 7.00. The molecule has 2 unspecified atom stereocenters. The summed E-state index contributed by atoms with van der Waals surface area (Å²) in [7, 11) is 0. The van der Waals surface area contributed by atoms with Gasteiger partial charge in [0.1, 0.15) is 11.0 Å². The van der Waals surface area contributed by atoms with Crippen molar-refractivity contribution in [2.45, 2.75) is 13.8 Å². The number of hydrogen-bond acceptors (Lipinski definition) is 5. The summed E-state index contributed by atoms with van der Waals surface area (Å²) in [5, 5.41) is 12.2. The maximum Gasteiger partial charge on any atom is 0.307 e. The first kappa shape index (κ1) is 14.2. The Morgan fingerprint density at radius 3 is 2.67 bits per heavy atom. The second-order valence-corrected chi connectivity index (χ2v) is 6.59. The molecule has 3 rings (SSSR count). The van der Waals surface area contributed by atoms with E-state index in [0.717, 1.165) is 11.7 Å². The summed E-state index contributed by atoms with van der Waals surface area (Å²) in [5.74, 6) is -2.56. The fraction of sp³-hybridized carbons (Fsp3) is 0.385. The normalized spacial score (nSPS) is 23.0. The van der Waals surface area contributed by atoms with Crippen LogP contribution in [0.2, 0.25) is 5.02 Å². The van der Waals surface area contributed by atoms with Gasteiger partial charge in [-0.15, -0.1) is 0 Å². The largest absolute Gasteiger partial charge is 0.481 e. The SMILES string of the molecule is CC1(C)C(C(=O)O)C1C(=O)Nc1c(Cl)ccc2nsnc12. The predicted molar refractivity (Wildman–Crippen MR) is 79.5 cm³/mol. The molecule has 1 aromatic carbocycles. The number of carboxylic acids is 1. The number of fused-ring (bicyclic) bond motifs is 1. The van der Waals surface area contributed by atoms with E-state index in [9.17, 15) is 9.59 Å². The van der Waals surface area contributed by atoms with Gasteiger partial charge in [0.25, 0.3) is 0 Å². The van der Waals surface area contributed by atoms with Crippen LogP contribution in [0.4, 0.5) is 5.69 Å². The van der Waals surface area contributed by atoms with Gasteiger partial charge in [-0.05, 0) is 17.5 Å². The minimum absolute atomic E-state index is 0.352. The number of aliphatic carboxylic acids is 1. The van der Waals surface area contributed by atoms with Crippen LogP contribution in [0.5, 0.6) is 0 Å². The molecule has 2 atom stereocenters. The standard InChI is InChI=1S/C13H12ClN3O3S/c1-13(2)7(8(13)12(19)20)11(18)15-9-5(14)3-4-6-10(9)17-21-16-6/h3-4,7-8H,1-2H3,(H,15,18)(H,19,20). The van der Waals surface area contributed by atoms with E-state index in [2.05, 4.69) is 14.1 Å². The summed E-state index contributed by atoms with van der Waals surface area (Å²) in [4.78, 5) is 23.5. The summed E-state index contributed by atoms with van der Waals surface area (Å²) in [6, 6.07) is 3.35. The fourth-order valence-corrected chi connectivity index (χ4v) is 3.48. The second-order valence-electron chi connectivity index (χ2n) is 5.66. The Morgan fingerprint density at radius 1 is 1.33 bits per heavy atom. The smallest absolute Gasteiger partial charge is 0.307 e. The summed E-state index contributed by atoms with van der Waals surface area (Å²) >= 11 is 7.13. The Bertz CT molecular complexity index is 758. The minimum Gasteiger partial charge on any atom is -0.481 e. The zero-order chi connectivity index (χ0) is 15.4. The van der Waals surface area contributed by atoms with Crippen LogP contribution in [0.3, 0.4) is 0 Å². The molecule has 1 amide bonds. The van der Waals surface area contributed by atoms with Crippen LogP contribution in [-0.4, -0.2) is 25.7 Å². The molecule has 1 saturated carbocycles. The van der Waals surface area contributed by atoms with E-state index in [1.165, 1.54) is 0 Å². The molecule has 8 heteroatoms. The van der Waals surface area contributed by atoms with Crippen molar-refractivity contribution in [1.82, 2.24) is 8.75 Å². The molecule has 21 heavy (non-hydrogen) atoms. The molecular weight excluding hydrogens is 314 g/mol. The molecule has 0 spiro atoms. The van der Waals surface area contributed by atoms with Gasteiger partial charge >= 0.3 is 5.97 Å². The third-order valence-electron chi connectivity index (χ3n) is 4.00. The molecule has 1 aromatic heterocycles. The zero-order valence-electron chi connectivity index (χ0n) is 11.3. The fourth-order valence-electron chi connectivity index (χ4n) is 2.73. The van der Waals surface area contributed by atoms with Crippen molar-refractivity contribution in [2.75, 3.05) is 5.32 Å². The monoisotopic (exact) mass is 325 g/mol. The first-order valence-electron chi connectivity index (χ1n) is 6.28. The third kappa shape index (κ3) is 2.16. The molecule has 1 fully saturated rings. The van der Waals surface area contributed by atoms with Gasteiger partial charge in [-0.3, -0.25) is 9.59 Å². The van der Waals surface area contributed by atoms with Crippen LogP contribution < -0.4 is 5.32 Å². The average molecular weight is 326 g/mol. The van der Waals surface area contributed by atoms with Crippen molar-refractivity contribution in [3.63, 3.8) is 0 Å².